The number of hydrogen-bond acceptors (Lipinski definition) is 4. The third kappa shape index (κ3) is 3.10. The zero-order valence-electron chi connectivity index (χ0n) is 8.90. The summed E-state index contributed by atoms with van der Waals surface area (Å²) in [7, 11) is 0. The van der Waals surface area contributed by atoms with E-state index in [0.717, 1.165) is 12.8 Å². The Balaban J connectivity index is 1.92. The molecule has 2 N–H and O–H groups in total. The zero-order chi connectivity index (χ0) is 11.5. The van der Waals surface area contributed by atoms with Gasteiger partial charge in [0.15, 0.2) is 5.16 Å². The summed E-state index contributed by atoms with van der Waals surface area (Å²) in [6.07, 6.45) is 3.58. The molecule has 0 saturated heterocycles. The summed E-state index contributed by atoms with van der Waals surface area (Å²) < 4.78 is 0. The van der Waals surface area contributed by atoms with E-state index in [0.29, 0.717) is 11.2 Å². The van der Waals surface area contributed by atoms with Gasteiger partial charge in [-0.1, -0.05) is 11.8 Å². The average molecular weight is 239 g/mol. The number of carbonyl (C=O) groups is 1. The maximum Gasteiger partial charge on any atom is 0.251 e. The van der Waals surface area contributed by atoms with Crippen molar-refractivity contribution in [2.45, 2.75) is 36.2 Å². The topological polar surface area (TPSA) is 74.8 Å². The number of rotatable bonds is 4. The Morgan fingerprint density at radius 2 is 2.44 bits per heavy atom. The van der Waals surface area contributed by atoms with E-state index in [4.69, 9.17) is 0 Å². The molecule has 1 aliphatic carbocycles. The fraction of sp³-hybridized carbons (Fsp3) is 0.500. The lowest BCUT2D eigenvalue weighted by Crippen LogP contribution is -2.32. The SMILES string of the molecule is C[C@@H](Sc1nccc(=O)[nH]1)C(=O)NC1CC1. The minimum absolute atomic E-state index is 0.000924. The summed E-state index contributed by atoms with van der Waals surface area (Å²) in [5.74, 6) is -0.000924. The summed E-state index contributed by atoms with van der Waals surface area (Å²) in [5, 5.41) is 3.14. The summed E-state index contributed by atoms with van der Waals surface area (Å²) in [4.78, 5) is 29.2. The van der Waals surface area contributed by atoms with Gasteiger partial charge in [-0.15, -0.1) is 0 Å². The maximum atomic E-state index is 11.6. The van der Waals surface area contributed by atoms with Gasteiger partial charge >= 0.3 is 0 Å². The Morgan fingerprint density at radius 3 is 3.06 bits per heavy atom. The number of aromatic amines is 1. The third-order valence-corrected chi connectivity index (χ3v) is 3.23. The number of H-pyrrole nitrogens is 1. The number of thioether (sulfide) groups is 1. The number of aromatic nitrogens is 2. The number of carbonyl (C=O) groups excluding carboxylic acids is 1. The van der Waals surface area contributed by atoms with Crippen LogP contribution < -0.4 is 10.9 Å². The van der Waals surface area contributed by atoms with Gasteiger partial charge in [-0.3, -0.25) is 9.59 Å². The molecule has 86 valence electrons. The Kier molecular flexibility index (Phi) is 3.28. The summed E-state index contributed by atoms with van der Waals surface area (Å²) in [6, 6.07) is 1.71. The van der Waals surface area contributed by atoms with Gasteiger partial charge in [0.25, 0.3) is 5.56 Å². The van der Waals surface area contributed by atoms with Crippen LogP contribution in [0.5, 0.6) is 0 Å². The molecular formula is C10H13N3O2S. The van der Waals surface area contributed by atoms with E-state index < -0.39 is 0 Å². The third-order valence-electron chi connectivity index (χ3n) is 2.23. The maximum absolute atomic E-state index is 11.6. The lowest BCUT2D eigenvalue weighted by atomic mass is 10.4. The number of amides is 1. The van der Waals surface area contributed by atoms with E-state index in [1.54, 1.807) is 6.92 Å². The fourth-order valence-electron chi connectivity index (χ4n) is 1.18. The van der Waals surface area contributed by atoms with Crippen LogP contribution in [0.1, 0.15) is 19.8 Å². The predicted molar refractivity (Wildman–Crippen MR) is 61.3 cm³/mol. The van der Waals surface area contributed by atoms with Crippen molar-refractivity contribution in [3.05, 3.63) is 22.6 Å². The molecule has 1 atom stereocenters. The highest BCUT2D eigenvalue weighted by Crippen LogP contribution is 2.22. The van der Waals surface area contributed by atoms with Gasteiger partial charge in [-0.2, -0.15) is 0 Å². The van der Waals surface area contributed by atoms with Gasteiger partial charge < -0.3 is 10.3 Å². The second-order valence-electron chi connectivity index (χ2n) is 3.78. The summed E-state index contributed by atoms with van der Waals surface area (Å²) in [5.41, 5.74) is -0.202. The standard InChI is InChI=1S/C10H13N3O2S/c1-6(9(15)12-7-2-3-7)16-10-11-5-4-8(14)13-10/h4-7H,2-3H2,1H3,(H,12,15)(H,11,13,14)/t6-/m1/s1. The highest BCUT2D eigenvalue weighted by Gasteiger charge is 2.26. The Bertz CT molecular complexity index is 442. The van der Waals surface area contributed by atoms with Crippen LogP contribution in [0.2, 0.25) is 0 Å². The van der Waals surface area contributed by atoms with Crippen LogP contribution in [-0.2, 0) is 4.79 Å². The van der Waals surface area contributed by atoms with Crippen molar-refractivity contribution in [1.82, 2.24) is 15.3 Å². The van der Waals surface area contributed by atoms with Crippen molar-refractivity contribution < 1.29 is 4.79 Å². The fourth-order valence-corrected chi connectivity index (χ4v) is 1.97. The summed E-state index contributed by atoms with van der Waals surface area (Å²) in [6.45, 7) is 1.80. The smallest absolute Gasteiger partial charge is 0.251 e. The second kappa shape index (κ2) is 4.69. The van der Waals surface area contributed by atoms with E-state index in [9.17, 15) is 9.59 Å². The molecule has 0 unspecified atom stereocenters. The van der Waals surface area contributed by atoms with Gasteiger partial charge in [-0.05, 0) is 19.8 Å². The van der Waals surface area contributed by atoms with Crippen molar-refractivity contribution in [2.24, 2.45) is 0 Å². The zero-order valence-corrected chi connectivity index (χ0v) is 9.71. The van der Waals surface area contributed by atoms with Crippen molar-refractivity contribution in [1.29, 1.82) is 0 Å². The monoisotopic (exact) mass is 239 g/mol. The van der Waals surface area contributed by atoms with Crippen LogP contribution in [0.4, 0.5) is 0 Å². The van der Waals surface area contributed by atoms with Gasteiger partial charge in [-0.25, -0.2) is 4.98 Å². The largest absolute Gasteiger partial charge is 0.352 e. The molecule has 0 aromatic carbocycles. The normalized spacial score (nSPS) is 16.8. The van der Waals surface area contributed by atoms with Crippen LogP contribution in [-0.4, -0.2) is 27.2 Å². The highest BCUT2D eigenvalue weighted by atomic mass is 32.2. The molecule has 0 spiro atoms. The number of hydrogen-bond donors (Lipinski definition) is 2. The van der Waals surface area contributed by atoms with Crippen LogP contribution in [0, 0.1) is 0 Å². The molecule has 1 aromatic rings. The Morgan fingerprint density at radius 1 is 1.69 bits per heavy atom. The minimum Gasteiger partial charge on any atom is -0.352 e. The van der Waals surface area contributed by atoms with E-state index >= 15 is 0 Å². The first kappa shape index (κ1) is 11.2. The lowest BCUT2D eigenvalue weighted by Gasteiger charge is -2.09. The van der Waals surface area contributed by atoms with Crippen LogP contribution in [0.3, 0.4) is 0 Å². The van der Waals surface area contributed by atoms with Crippen LogP contribution in [0.25, 0.3) is 0 Å². The molecule has 2 rings (SSSR count). The molecule has 1 saturated carbocycles. The molecule has 1 aromatic heterocycles. The number of nitrogens with one attached hydrogen (secondary N) is 2. The van der Waals surface area contributed by atoms with Crippen molar-refractivity contribution in [3.63, 3.8) is 0 Å². The average Bonchev–Trinajstić information content (AvgIpc) is 3.01. The van der Waals surface area contributed by atoms with Crippen molar-refractivity contribution >= 4 is 17.7 Å². The van der Waals surface area contributed by atoms with Crippen molar-refractivity contribution in [3.8, 4) is 0 Å². The van der Waals surface area contributed by atoms with E-state index in [1.165, 1.54) is 24.0 Å². The van der Waals surface area contributed by atoms with Gasteiger partial charge in [0, 0.05) is 18.3 Å². The first-order valence-electron chi connectivity index (χ1n) is 5.17. The molecule has 1 aliphatic rings. The van der Waals surface area contributed by atoms with Gasteiger partial charge in [0.05, 0.1) is 5.25 Å². The summed E-state index contributed by atoms with van der Waals surface area (Å²) >= 11 is 1.26. The minimum atomic E-state index is -0.244. The molecule has 16 heavy (non-hydrogen) atoms. The first-order chi connectivity index (χ1) is 7.65. The molecule has 0 bridgehead atoms. The Hall–Kier alpha value is -1.30. The van der Waals surface area contributed by atoms with Gasteiger partial charge in [0.2, 0.25) is 5.91 Å². The molecule has 1 amide bonds. The predicted octanol–water partition coefficient (Wildman–Crippen LogP) is 0.529. The molecule has 1 fully saturated rings. The quantitative estimate of drug-likeness (QED) is 0.593. The van der Waals surface area contributed by atoms with E-state index in [-0.39, 0.29) is 16.7 Å². The van der Waals surface area contributed by atoms with E-state index in [2.05, 4.69) is 15.3 Å². The lowest BCUT2D eigenvalue weighted by molar-refractivity contribution is -0.120. The van der Waals surface area contributed by atoms with Crippen molar-refractivity contribution in [2.75, 3.05) is 0 Å². The van der Waals surface area contributed by atoms with Gasteiger partial charge in [0.1, 0.15) is 0 Å². The molecule has 6 heteroatoms. The van der Waals surface area contributed by atoms with Crippen LogP contribution >= 0.6 is 11.8 Å². The highest BCUT2D eigenvalue weighted by molar-refractivity contribution is 8.00. The molecular weight excluding hydrogens is 226 g/mol. The molecule has 0 radical (unpaired) electrons. The number of nitrogens with zero attached hydrogens (tertiary/aromatic N) is 1. The first-order valence-corrected chi connectivity index (χ1v) is 6.05. The molecule has 5 nitrogen and oxygen atoms in total. The second-order valence-corrected chi connectivity index (χ2v) is 5.11. The van der Waals surface area contributed by atoms with E-state index in [1.807, 2.05) is 0 Å². The Labute approximate surface area is 97.1 Å². The molecule has 1 heterocycles. The van der Waals surface area contributed by atoms with Crippen LogP contribution in [0.15, 0.2) is 22.2 Å². The molecule has 0 aliphatic heterocycles.